The molecule has 20 heavy (non-hydrogen) atoms. The Kier molecular flexibility index (Phi) is 3.89. The van der Waals surface area contributed by atoms with Crippen molar-refractivity contribution < 1.29 is 4.39 Å². The maximum atomic E-state index is 13.1. The normalized spacial score (nSPS) is 14.8. The quantitative estimate of drug-likeness (QED) is 0.906. The van der Waals surface area contributed by atoms with Crippen molar-refractivity contribution in [2.45, 2.75) is 38.9 Å². The molecule has 0 radical (unpaired) electrons. The van der Waals surface area contributed by atoms with Crippen LogP contribution in [0.25, 0.3) is 0 Å². The molecule has 0 bridgehead atoms. The summed E-state index contributed by atoms with van der Waals surface area (Å²) in [4.78, 5) is 0. The number of nitrogens with one attached hydrogen (secondary N) is 1. The van der Waals surface area contributed by atoms with Crippen molar-refractivity contribution in [2.24, 2.45) is 0 Å². The first-order chi connectivity index (χ1) is 9.63. The van der Waals surface area contributed by atoms with Crippen LogP contribution in [0.15, 0.2) is 28.9 Å². The maximum Gasteiger partial charge on any atom is 0.124 e. The zero-order valence-corrected chi connectivity index (χ0v) is 13.0. The summed E-state index contributed by atoms with van der Waals surface area (Å²) in [6, 6.07) is 5.46. The van der Waals surface area contributed by atoms with Gasteiger partial charge in [0.2, 0.25) is 0 Å². The summed E-state index contributed by atoms with van der Waals surface area (Å²) in [5.74, 6) is -0.230. The third-order valence-corrected chi connectivity index (χ3v) is 4.44. The summed E-state index contributed by atoms with van der Waals surface area (Å²) in [5.41, 5.74) is 3.42. The van der Waals surface area contributed by atoms with Crippen LogP contribution in [0.4, 0.5) is 4.39 Å². The highest BCUT2D eigenvalue weighted by molar-refractivity contribution is 9.10. The lowest BCUT2D eigenvalue weighted by Crippen LogP contribution is -2.16. The van der Waals surface area contributed by atoms with Crippen molar-refractivity contribution in [3.8, 4) is 0 Å². The van der Waals surface area contributed by atoms with Gasteiger partial charge in [0.15, 0.2) is 0 Å². The van der Waals surface area contributed by atoms with Crippen LogP contribution in [0.5, 0.6) is 0 Å². The predicted molar refractivity (Wildman–Crippen MR) is 80.0 cm³/mol. The van der Waals surface area contributed by atoms with Crippen LogP contribution < -0.4 is 5.32 Å². The minimum atomic E-state index is -0.230. The average molecular weight is 338 g/mol. The van der Waals surface area contributed by atoms with E-state index in [1.165, 1.54) is 30.5 Å². The largest absolute Gasteiger partial charge is 0.310 e. The molecule has 0 unspecified atom stereocenters. The molecule has 5 heteroatoms. The van der Waals surface area contributed by atoms with E-state index in [1.807, 2.05) is 10.9 Å². The van der Waals surface area contributed by atoms with Gasteiger partial charge in [-0.05, 0) is 37.5 Å². The van der Waals surface area contributed by atoms with E-state index in [0.29, 0.717) is 12.6 Å². The Morgan fingerprint density at radius 1 is 1.40 bits per heavy atom. The molecule has 0 amide bonds. The van der Waals surface area contributed by atoms with E-state index < -0.39 is 0 Å². The van der Waals surface area contributed by atoms with E-state index in [0.717, 1.165) is 22.3 Å². The molecule has 1 saturated carbocycles. The molecule has 1 aliphatic carbocycles. The molecule has 0 atom stereocenters. The third-order valence-electron chi connectivity index (χ3n) is 3.70. The second-order valence-corrected chi connectivity index (χ2v) is 6.16. The Labute approximate surface area is 126 Å². The lowest BCUT2D eigenvalue weighted by molar-refractivity contribution is 0.621. The zero-order valence-electron chi connectivity index (χ0n) is 11.4. The molecule has 106 valence electrons. The molecule has 1 N–H and O–H groups in total. The van der Waals surface area contributed by atoms with Crippen LogP contribution in [-0.2, 0) is 13.1 Å². The molecule has 0 saturated heterocycles. The monoisotopic (exact) mass is 337 g/mol. The minimum absolute atomic E-state index is 0.230. The Morgan fingerprint density at radius 3 is 2.90 bits per heavy atom. The molecular weight excluding hydrogens is 321 g/mol. The standard InChI is InChI=1S/C15H17BrFN3/c1-10-12(7-18-14-4-5-14)8-19-20(10)9-11-2-3-13(17)6-15(11)16/h2-3,6,8,14,18H,4-5,7,9H2,1H3. The first-order valence-corrected chi connectivity index (χ1v) is 7.61. The van der Waals surface area contributed by atoms with Gasteiger partial charge in [-0.25, -0.2) is 4.39 Å². The van der Waals surface area contributed by atoms with Crippen molar-refractivity contribution in [1.82, 2.24) is 15.1 Å². The highest BCUT2D eigenvalue weighted by Crippen LogP contribution is 2.21. The molecule has 1 heterocycles. The van der Waals surface area contributed by atoms with E-state index >= 15 is 0 Å². The molecule has 1 aromatic carbocycles. The van der Waals surface area contributed by atoms with Crippen LogP contribution in [0.1, 0.15) is 29.7 Å². The molecule has 0 aliphatic heterocycles. The van der Waals surface area contributed by atoms with E-state index in [2.05, 4.69) is 33.3 Å². The van der Waals surface area contributed by atoms with Gasteiger partial charge in [0.05, 0.1) is 12.7 Å². The summed E-state index contributed by atoms with van der Waals surface area (Å²) in [6.45, 7) is 3.60. The van der Waals surface area contributed by atoms with Crippen molar-refractivity contribution >= 4 is 15.9 Å². The molecule has 1 fully saturated rings. The average Bonchev–Trinajstić information content (AvgIpc) is 3.17. The predicted octanol–water partition coefficient (Wildman–Crippen LogP) is 3.39. The van der Waals surface area contributed by atoms with Gasteiger partial charge in [0.1, 0.15) is 5.82 Å². The fraction of sp³-hybridized carbons (Fsp3) is 0.400. The van der Waals surface area contributed by atoms with Crippen LogP contribution in [-0.4, -0.2) is 15.8 Å². The van der Waals surface area contributed by atoms with Gasteiger partial charge < -0.3 is 5.32 Å². The van der Waals surface area contributed by atoms with Crippen LogP contribution in [0.3, 0.4) is 0 Å². The first-order valence-electron chi connectivity index (χ1n) is 6.82. The highest BCUT2D eigenvalue weighted by atomic mass is 79.9. The molecular formula is C15H17BrFN3. The van der Waals surface area contributed by atoms with Crippen LogP contribution >= 0.6 is 15.9 Å². The Hall–Kier alpha value is -1.20. The SMILES string of the molecule is Cc1c(CNC2CC2)cnn1Cc1ccc(F)cc1Br. The molecule has 0 spiro atoms. The van der Waals surface area contributed by atoms with E-state index in [1.54, 1.807) is 6.07 Å². The fourth-order valence-corrected chi connectivity index (χ4v) is 2.65. The van der Waals surface area contributed by atoms with Gasteiger partial charge in [0, 0.05) is 28.3 Å². The number of hydrogen-bond donors (Lipinski definition) is 1. The van der Waals surface area contributed by atoms with Crippen molar-refractivity contribution in [2.75, 3.05) is 0 Å². The van der Waals surface area contributed by atoms with Gasteiger partial charge in [-0.15, -0.1) is 0 Å². The Morgan fingerprint density at radius 2 is 2.20 bits per heavy atom. The van der Waals surface area contributed by atoms with Gasteiger partial charge >= 0.3 is 0 Å². The van der Waals surface area contributed by atoms with Crippen LogP contribution in [0, 0.1) is 12.7 Å². The van der Waals surface area contributed by atoms with Gasteiger partial charge in [-0.3, -0.25) is 4.68 Å². The van der Waals surface area contributed by atoms with Gasteiger partial charge in [-0.2, -0.15) is 5.10 Å². The second-order valence-electron chi connectivity index (χ2n) is 5.30. The summed E-state index contributed by atoms with van der Waals surface area (Å²) in [6.07, 6.45) is 4.49. The molecule has 3 nitrogen and oxygen atoms in total. The number of hydrogen-bond acceptors (Lipinski definition) is 2. The second kappa shape index (κ2) is 5.66. The van der Waals surface area contributed by atoms with E-state index in [9.17, 15) is 4.39 Å². The van der Waals surface area contributed by atoms with E-state index in [-0.39, 0.29) is 5.82 Å². The van der Waals surface area contributed by atoms with Crippen molar-refractivity contribution in [1.29, 1.82) is 0 Å². The van der Waals surface area contributed by atoms with Gasteiger partial charge in [0.25, 0.3) is 0 Å². The summed E-state index contributed by atoms with van der Waals surface area (Å²) in [7, 11) is 0. The summed E-state index contributed by atoms with van der Waals surface area (Å²) < 4.78 is 15.8. The Balaban J connectivity index is 1.73. The molecule has 1 aliphatic rings. The highest BCUT2D eigenvalue weighted by Gasteiger charge is 2.20. The van der Waals surface area contributed by atoms with Gasteiger partial charge in [-0.1, -0.05) is 22.0 Å². The lowest BCUT2D eigenvalue weighted by Gasteiger charge is -2.08. The summed E-state index contributed by atoms with van der Waals surface area (Å²) >= 11 is 3.40. The number of nitrogens with zero attached hydrogens (tertiary/aromatic N) is 2. The van der Waals surface area contributed by atoms with E-state index in [4.69, 9.17) is 0 Å². The van der Waals surface area contributed by atoms with Crippen molar-refractivity contribution in [3.63, 3.8) is 0 Å². The fourth-order valence-electron chi connectivity index (χ4n) is 2.17. The topological polar surface area (TPSA) is 29.9 Å². The number of rotatable bonds is 5. The Bertz CT molecular complexity index is 620. The summed E-state index contributed by atoms with van der Waals surface area (Å²) in [5, 5.41) is 7.93. The number of halogens is 2. The lowest BCUT2D eigenvalue weighted by atomic mass is 10.2. The van der Waals surface area contributed by atoms with Crippen LogP contribution in [0.2, 0.25) is 0 Å². The smallest absolute Gasteiger partial charge is 0.124 e. The van der Waals surface area contributed by atoms with Crippen molar-refractivity contribution in [3.05, 3.63) is 51.5 Å². The third kappa shape index (κ3) is 3.10. The number of benzene rings is 1. The molecule has 3 rings (SSSR count). The zero-order chi connectivity index (χ0) is 14.1. The maximum absolute atomic E-state index is 13.1. The minimum Gasteiger partial charge on any atom is -0.310 e. The first kappa shape index (κ1) is 13.8. The molecule has 2 aromatic rings. The molecule has 1 aromatic heterocycles. The number of aromatic nitrogens is 2.